The molecule has 2 aliphatic heterocycles. The fraction of sp³-hybridized carbons (Fsp3) is 0.333. The van der Waals surface area contributed by atoms with Crippen molar-refractivity contribution >= 4 is 23.5 Å². The van der Waals surface area contributed by atoms with Gasteiger partial charge in [0.1, 0.15) is 5.54 Å². The molecule has 3 heterocycles. The molecule has 1 aromatic heterocycles. The third-order valence-electron chi connectivity index (χ3n) is 5.60. The number of amides is 3. The van der Waals surface area contributed by atoms with Crippen molar-refractivity contribution in [2.45, 2.75) is 33.2 Å². The lowest BCUT2D eigenvalue weighted by Gasteiger charge is -2.22. The van der Waals surface area contributed by atoms with Gasteiger partial charge in [0.15, 0.2) is 23.1 Å². The summed E-state index contributed by atoms with van der Waals surface area (Å²) in [6.07, 6.45) is 0. The lowest BCUT2D eigenvalue weighted by Crippen LogP contribution is -2.41. The SMILES string of the molecule is CC(=O)c1c(C)[nH]c(C(=O)CN2C(=O)N[C@@](C)(c3ccc4c(c3)OCO4)C2=O)c1C. The van der Waals surface area contributed by atoms with Gasteiger partial charge in [-0.1, -0.05) is 6.07 Å². The Bertz CT molecular complexity index is 1120. The largest absolute Gasteiger partial charge is 0.454 e. The Balaban J connectivity index is 1.60. The topological polar surface area (TPSA) is 118 Å². The fourth-order valence-electron chi connectivity index (χ4n) is 4.02. The first-order valence-corrected chi connectivity index (χ1v) is 9.41. The molecule has 0 aliphatic carbocycles. The molecule has 30 heavy (non-hydrogen) atoms. The molecule has 0 spiro atoms. The van der Waals surface area contributed by atoms with Gasteiger partial charge in [0.2, 0.25) is 6.79 Å². The number of ketones is 2. The maximum Gasteiger partial charge on any atom is 0.325 e. The predicted molar refractivity (Wildman–Crippen MR) is 105 cm³/mol. The average molecular weight is 411 g/mol. The van der Waals surface area contributed by atoms with Gasteiger partial charge in [-0.25, -0.2) is 4.79 Å². The van der Waals surface area contributed by atoms with E-state index in [-0.39, 0.29) is 18.3 Å². The molecule has 1 atom stereocenters. The van der Waals surface area contributed by atoms with Gasteiger partial charge in [0, 0.05) is 11.3 Å². The first kappa shape index (κ1) is 19.7. The molecule has 2 aromatic rings. The van der Waals surface area contributed by atoms with Crippen molar-refractivity contribution in [3.63, 3.8) is 0 Å². The molecular weight excluding hydrogens is 390 g/mol. The number of aryl methyl sites for hydroxylation is 1. The Morgan fingerprint density at radius 3 is 2.53 bits per heavy atom. The van der Waals surface area contributed by atoms with Crippen molar-refractivity contribution in [1.82, 2.24) is 15.2 Å². The highest BCUT2D eigenvalue weighted by Crippen LogP contribution is 2.37. The van der Waals surface area contributed by atoms with E-state index in [4.69, 9.17) is 9.47 Å². The van der Waals surface area contributed by atoms with Crippen LogP contribution in [0.5, 0.6) is 11.5 Å². The molecule has 156 valence electrons. The molecule has 9 nitrogen and oxygen atoms in total. The average Bonchev–Trinajstić information content (AvgIpc) is 3.33. The lowest BCUT2D eigenvalue weighted by atomic mass is 9.91. The van der Waals surface area contributed by atoms with Crippen LogP contribution in [0.4, 0.5) is 4.79 Å². The second kappa shape index (κ2) is 6.72. The highest BCUT2D eigenvalue weighted by molar-refractivity contribution is 6.12. The summed E-state index contributed by atoms with van der Waals surface area (Å²) in [6, 6.07) is 4.32. The summed E-state index contributed by atoms with van der Waals surface area (Å²) in [5, 5.41) is 2.67. The number of fused-ring (bicyclic) bond motifs is 1. The van der Waals surface area contributed by atoms with Crippen LogP contribution in [0.15, 0.2) is 18.2 Å². The summed E-state index contributed by atoms with van der Waals surface area (Å²) < 4.78 is 10.6. The van der Waals surface area contributed by atoms with Gasteiger partial charge in [0.05, 0.1) is 12.2 Å². The van der Waals surface area contributed by atoms with Crippen LogP contribution in [-0.4, -0.2) is 46.7 Å². The van der Waals surface area contributed by atoms with Crippen LogP contribution in [0.25, 0.3) is 0 Å². The molecule has 3 amide bonds. The number of rotatable bonds is 5. The monoisotopic (exact) mass is 411 g/mol. The number of benzene rings is 1. The standard InChI is InChI=1S/C21H21N3O6/c1-10-17(12(3)25)11(2)22-18(10)14(26)8-24-19(27)21(4,23-20(24)28)13-5-6-15-16(7-13)30-9-29-15/h5-7,22H,8-9H2,1-4H3,(H,23,28)/t21-/m0/s1. The molecule has 1 aromatic carbocycles. The minimum absolute atomic E-state index is 0.0909. The first-order valence-electron chi connectivity index (χ1n) is 9.41. The number of aromatic amines is 1. The molecule has 0 saturated carbocycles. The summed E-state index contributed by atoms with van der Waals surface area (Å²) in [6.45, 7) is 6.01. The number of aromatic nitrogens is 1. The van der Waals surface area contributed by atoms with E-state index in [0.717, 1.165) is 4.90 Å². The van der Waals surface area contributed by atoms with Crippen molar-refractivity contribution in [1.29, 1.82) is 0 Å². The molecule has 2 aliphatic rings. The van der Waals surface area contributed by atoms with Gasteiger partial charge < -0.3 is 19.8 Å². The smallest absolute Gasteiger partial charge is 0.325 e. The number of hydrogen-bond donors (Lipinski definition) is 2. The number of imide groups is 1. The molecule has 9 heteroatoms. The number of carbonyl (C=O) groups excluding carboxylic acids is 4. The maximum absolute atomic E-state index is 13.1. The number of urea groups is 1. The molecule has 2 N–H and O–H groups in total. The van der Waals surface area contributed by atoms with Crippen molar-refractivity contribution in [2.75, 3.05) is 13.3 Å². The van der Waals surface area contributed by atoms with E-state index < -0.39 is 29.8 Å². The van der Waals surface area contributed by atoms with Crippen LogP contribution < -0.4 is 14.8 Å². The summed E-state index contributed by atoms with van der Waals surface area (Å²) >= 11 is 0. The molecule has 0 unspecified atom stereocenters. The van der Waals surface area contributed by atoms with E-state index in [0.29, 0.717) is 33.9 Å². The van der Waals surface area contributed by atoms with Gasteiger partial charge in [0.25, 0.3) is 5.91 Å². The van der Waals surface area contributed by atoms with E-state index in [1.165, 1.54) is 6.92 Å². The Labute approximate surface area is 172 Å². The fourth-order valence-corrected chi connectivity index (χ4v) is 4.02. The summed E-state index contributed by atoms with van der Waals surface area (Å²) in [7, 11) is 0. The number of hydrogen-bond acceptors (Lipinski definition) is 6. The van der Waals surface area contributed by atoms with Crippen LogP contribution in [0.1, 0.15) is 51.5 Å². The van der Waals surface area contributed by atoms with Gasteiger partial charge in [-0.05, 0) is 51.0 Å². The number of nitrogens with zero attached hydrogens (tertiary/aromatic N) is 1. The second-order valence-corrected chi connectivity index (χ2v) is 7.62. The zero-order valence-corrected chi connectivity index (χ0v) is 17.0. The van der Waals surface area contributed by atoms with Gasteiger partial charge in [-0.15, -0.1) is 0 Å². The molecule has 0 radical (unpaired) electrons. The second-order valence-electron chi connectivity index (χ2n) is 7.62. The highest BCUT2D eigenvalue weighted by atomic mass is 16.7. The Kier molecular flexibility index (Phi) is 4.41. The van der Waals surface area contributed by atoms with E-state index in [1.54, 1.807) is 39.0 Å². The van der Waals surface area contributed by atoms with Crippen LogP contribution in [0.2, 0.25) is 0 Å². The van der Waals surface area contributed by atoms with Crippen molar-refractivity contribution in [3.05, 3.63) is 46.3 Å². The number of H-pyrrole nitrogens is 1. The Morgan fingerprint density at radius 1 is 1.17 bits per heavy atom. The first-order chi connectivity index (χ1) is 14.1. The zero-order chi connectivity index (χ0) is 21.8. The lowest BCUT2D eigenvalue weighted by molar-refractivity contribution is -0.130. The van der Waals surface area contributed by atoms with Crippen LogP contribution in [0, 0.1) is 13.8 Å². The Morgan fingerprint density at radius 2 is 1.87 bits per heavy atom. The van der Waals surface area contributed by atoms with E-state index in [9.17, 15) is 19.2 Å². The summed E-state index contributed by atoms with van der Waals surface area (Å²) in [5.41, 5.74) is 0.923. The van der Waals surface area contributed by atoms with E-state index in [2.05, 4.69) is 10.3 Å². The molecule has 4 rings (SSSR count). The predicted octanol–water partition coefficient (Wildman–Crippen LogP) is 2.21. The van der Waals surface area contributed by atoms with Crippen molar-refractivity contribution < 1.29 is 28.7 Å². The summed E-state index contributed by atoms with van der Waals surface area (Å²) in [4.78, 5) is 54.1. The van der Waals surface area contributed by atoms with Crippen LogP contribution in [-0.2, 0) is 10.3 Å². The molecule has 1 fully saturated rings. The minimum Gasteiger partial charge on any atom is -0.454 e. The third kappa shape index (κ3) is 2.85. The van der Waals surface area contributed by atoms with Gasteiger partial charge >= 0.3 is 6.03 Å². The van der Waals surface area contributed by atoms with E-state index in [1.807, 2.05) is 0 Å². The minimum atomic E-state index is -1.34. The molecule has 0 bridgehead atoms. The molecular formula is C21H21N3O6. The highest BCUT2D eigenvalue weighted by Gasteiger charge is 2.50. The van der Waals surface area contributed by atoms with E-state index >= 15 is 0 Å². The third-order valence-corrected chi connectivity index (χ3v) is 5.60. The zero-order valence-electron chi connectivity index (χ0n) is 17.0. The number of nitrogens with one attached hydrogen (secondary N) is 2. The normalized spacial score (nSPS) is 19.9. The van der Waals surface area contributed by atoms with Crippen LogP contribution >= 0.6 is 0 Å². The maximum atomic E-state index is 13.1. The van der Waals surface area contributed by atoms with Crippen molar-refractivity contribution in [3.8, 4) is 11.5 Å². The van der Waals surface area contributed by atoms with Crippen molar-refractivity contribution in [2.24, 2.45) is 0 Å². The Hall–Kier alpha value is -3.62. The van der Waals surface area contributed by atoms with Crippen LogP contribution in [0.3, 0.4) is 0 Å². The van der Waals surface area contributed by atoms with Gasteiger partial charge in [-0.2, -0.15) is 0 Å². The number of Topliss-reactive ketones (excluding diaryl/α,β-unsaturated/α-hetero) is 2. The number of carbonyl (C=O) groups is 4. The quantitative estimate of drug-likeness (QED) is 0.575. The van der Waals surface area contributed by atoms with Gasteiger partial charge in [-0.3, -0.25) is 19.3 Å². The number of ether oxygens (including phenoxy) is 2. The molecule has 1 saturated heterocycles. The summed E-state index contributed by atoms with van der Waals surface area (Å²) in [5.74, 6) is -0.121.